The highest BCUT2D eigenvalue weighted by molar-refractivity contribution is 7.16. The normalized spacial score (nSPS) is 12.2. The quantitative estimate of drug-likeness (QED) is 0.916. The number of methoxy groups -OCH3 is 2. The summed E-state index contributed by atoms with van der Waals surface area (Å²) >= 11 is 7.48. The fraction of sp³-hybridized carbons (Fsp3) is 0.286. The molecule has 0 saturated carbocycles. The van der Waals surface area contributed by atoms with Crippen LogP contribution < -0.4 is 15.2 Å². The van der Waals surface area contributed by atoms with Crippen LogP contribution in [0.25, 0.3) is 0 Å². The lowest BCUT2D eigenvalue weighted by Crippen LogP contribution is -2.13. The van der Waals surface area contributed by atoms with E-state index in [0.717, 1.165) is 27.8 Å². The molecule has 0 bridgehead atoms. The fourth-order valence-corrected chi connectivity index (χ4v) is 2.99. The lowest BCUT2D eigenvalue weighted by molar-refractivity contribution is 0.392. The molecular formula is C14H16ClNO2S. The number of nitrogens with two attached hydrogens (primary N) is 1. The second kappa shape index (κ2) is 6.28. The zero-order chi connectivity index (χ0) is 13.8. The van der Waals surface area contributed by atoms with Crippen molar-refractivity contribution in [3.63, 3.8) is 0 Å². The molecule has 0 aliphatic heterocycles. The van der Waals surface area contributed by atoms with Gasteiger partial charge in [-0.05, 0) is 29.8 Å². The summed E-state index contributed by atoms with van der Waals surface area (Å²) < 4.78 is 11.3. The van der Waals surface area contributed by atoms with Crippen LogP contribution in [0.4, 0.5) is 0 Å². The third-order valence-electron chi connectivity index (χ3n) is 2.85. The number of benzene rings is 1. The minimum atomic E-state index is -0.112. The Morgan fingerprint density at radius 2 is 1.79 bits per heavy atom. The second-order valence-corrected chi connectivity index (χ2v) is 5.96. The summed E-state index contributed by atoms with van der Waals surface area (Å²) in [4.78, 5) is 1.17. The topological polar surface area (TPSA) is 44.5 Å². The first-order valence-electron chi connectivity index (χ1n) is 5.85. The lowest BCUT2D eigenvalue weighted by Gasteiger charge is -2.14. The molecule has 102 valence electrons. The fourth-order valence-electron chi connectivity index (χ4n) is 1.84. The average Bonchev–Trinajstić information content (AvgIpc) is 2.83. The van der Waals surface area contributed by atoms with Crippen molar-refractivity contribution in [3.05, 3.63) is 45.1 Å². The number of rotatable bonds is 5. The molecule has 19 heavy (non-hydrogen) atoms. The predicted molar refractivity (Wildman–Crippen MR) is 79.5 cm³/mol. The number of halogens is 1. The summed E-state index contributed by atoms with van der Waals surface area (Å²) in [7, 11) is 3.26. The van der Waals surface area contributed by atoms with Crippen molar-refractivity contribution in [1.29, 1.82) is 0 Å². The van der Waals surface area contributed by atoms with E-state index in [2.05, 4.69) is 0 Å². The molecule has 1 atom stereocenters. The van der Waals surface area contributed by atoms with Crippen molar-refractivity contribution < 1.29 is 9.47 Å². The monoisotopic (exact) mass is 297 g/mol. The Kier molecular flexibility index (Phi) is 4.69. The van der Waals surface area contributed by atoms with Crippen LogP contribution in [0.2, 0.25) is 4.34 Å². The first-order chi connectivity index (χ1) is 9.12. The van der Waals surface area contributed by atoms with Crippen LogP contribution in [0.1, 0.15) is 16.5 Å². The maximum Gasteiger partial charge on any atom is 0.122 e. The van der Waals surface area contributed by atoms with Crippen LogP contribution in [0.3, 0.4) is 0 Å². The van der Waals surface area contributed by atoms with Gasteiger partial charge in [0.15, 0.2) is 0 Å². The van der Waals surface area contributed by atoms with E-state index >= 15 is 0 Å². The van der Waals surface area contributed by atoms with Gasteiger partial charge in [0.05, 0.1) is 18.6 Å². The minimum absolute atomic E-state index is 0.112. The highest BCUT2D eigenvalue weighted by Gasteiger charge is 2.12. The number of ether oxygens (including phenoxy) is 2. The minimum Gasteiger partial charge on any atom is -0.497 e. The molecule has 0 amide bonds. The summed E-state index contributed by atoms with van der Waals surface area (Å²) in [6.07, 6.45) is 0.744. The SMILES string of the molecule is COc1cc(OC)cc(C(N)Cc2ccc(Cl)s2)c1. The maximum atomic E-state index is 6.24. The third-order valence-corrected chi connectivity index (χ3v) is 4.11. The first-order valence-corrected chi connectivity index (χ1v) is 7.04. The standard InChI is InChI=1S/C14H16ClNO2S/c1-17-10-5-9(6-11(7-10)18-2)13(16)8-12-3-4-14(15)19-12/h3-7,13H,8,16H2,1-2H3. The van der Waals surface area contributed by atoms with Gasteiger partial charge >= 0.3 is 0 Å². The molecule has 1 unspecified atom stereocenters. The predicted octanol–water partition coefficient (Wildman–Crippen LogP) is 3.66. The van der Waals surface area contributed by atoms with Gasteiger partial charge in [-0.3, -0.25) is 0 Å². The Hall–Kier alpha value is -1.23. The van der Waals surface area contributed by atoms with Crippen molar-refractivity contribution >= 4 is 22.9 Å². The Balaban J connectivity index is 2.20. The molecule has 0 aliphatic rings. The Morgan fingerprint density at radius 3 is 2.26 bits per heavy atom. The molecule has 0 radical (unpaired) electrons. The highest BCUT2D eigenvalue weighted by atomic mass is 35.5. The second-order valence-electron chi connectivity index (χ2n) is 4.16. The van der Waals surface area contributed by atoms with Gasteiger partial charge in [-0.25, -0.2) is 0 Å². The van der Waals surface area contributed by atoms with Crippen LogP contribution >= 0.6 is 22.9 Å². The number of hydrogen-bond acceptors (Lipinski definition) is 4. The van der Waals surface area contributed by atoms with Gasteiger partial charge in [0.2, 0.25) is 0 Å². The summed E-state index contributed by atoms with van der Waals surface area (Å²) in [5, 5.41) is 0. The molecule has 0 spiro atoms. The van der Waals surface area contributed by atoms with E-state index in [9.17, 15) is 0 Å². The van der Waals surface area contributed by atoms with E-state index in [1.54, 1.807) is 25.6 Å². The van der Waals surface area contributed by atoms with Gasteiger partial charge in [-0.1, -0.05) is 11.6 Å². The molecule has 5 heteroatoms. The number of thiophene rings is 1. The Morgan fingerprint density at radius 1 is 1.16 bits per heavy atom. The summed E-state index contributed by atoms with van der Waals surface area (Å²) in [6.45, 7) is 0. The molecule has 0 aliphatic carbocycles. The molecule has 2 N–H and O–H groups in total. The van der Waals surface area contributed by atoms with Crippen LogP contribution in [-0.4, -0.2) is 14.2 Å². The van der Waals surface area contributed by atoms with Crippen molar-refractivity contribution in [1.82, 2.24) is 0 Å². The van der Waals surface area contributed by atoms with Crippen molar-refractivity contribution in [3.8, 4) is 11.5 Å². The van der Waals surface area contributed by atoms with Gasteiger partial charge in [-0.2, -0.15) is 0 Å². The molecule has 1 heterocycles. The van der Waals surface area contributed by atoms with E-state index in [4.69, 9.17) is 26.8 Å². The molecule has 1 aromatic heterocycles. The molecular weight excluding hydrogens is 282 g/mol. The first kappa shape index (κ1) is 14.2. The maximum absolute atomic E-state index is 6.24. The van der Waals surface area contributed by atoms with E-state index < -0.39 is 0 Å². The highest BCUT2D eigenvalue weighted by Crippen LogP contribution is 2.29. The molecule has 2 rings (SSSR count). The van der Waals surface area contributed by atoms with Gasteiger partial charge in [-0.15, -0.1) is 11.3 Å². The summed E-state index contributed by atoms with van der Waals surface area (Å²) in [5.41, 5.74) is 7.22. The Bertz CT molecular complexity index is 534. The van der Waals surface area contributed by atoms with E-state index in [1.807, 2.05) is 30.3 Å². The smallest absolute Gasteiger partial charge is 0.122 e. The van der Waals surface area contributed by atoms with Crippen molar-refractivity contribution in [2.75, 3.05) is 14.2 Å². The Labute approximate surface area is 121 Å². The zero-order valence-corrected chi connectivity index (χ0v) is 12.4. The van der Waals surface area contributed by atoms with Crippen LogP contribution in [-0.2, 0) is 6.42 Å². The lowest BCUT2D eigenvalue weighted by atomic mass is 10.0. The molecule has 0 fully saturated rings. The molecule has 3 nitrogen and oxygen atoms in total. The van der Waals surface area contributed by atoms with Crippen molar-refractivity contribution in [2.45, 2.75) is 12.5 Å². The largest absolute Gasteiger partial charge is 0.497 e. The zero-order valence-electron chi connectivity index (χ0n) is 10.9. The third kappa shape index (κ3) is 3.62. The molecule has 0 saturated heterocycles. The van der Waals surface area contributed by atoms with Crippen LogP contribution in [0.15, 0.2) is 30.3 Å². The van der Waals surface area contributed by atoms with Gasteiger partial charge in [0.1, 0.15) is 11.5 Å². The van der Waals surface area contributed by atoms with E-state index in [1.165, 1.54) is 4.88 Å². The molecule has 2 aromatic rings. The van der Waals surface area contributed by atoms with Gasteiger partial charge < -0.3 is 15.2 Å². The van der Waals surface area contributed by atoms with Gasteiger partial charge in [0, 0.05) is 23.4 Å². The summed E-state index contributed by atoms with van der Waals surface area (Å²) in [5.74, 6) is 1.49. The van der Waals surface area contributed by atoms with Crippen molar-refractivity contribution in [2.24, 2.45) is 5.73 Å². The number of hydrogen-bond donors (Lipinski definition) is 1. The van der Waals surface area contributed by atoms with Crippen LogP contribution in [0.5, 0.6) is 11.5 Å². The van der Waals surface area contributed by atoms with Crippen LogP contribution in [0, 0.1) is 0 Å². The van der Waals surface area contributed by atoms with E-state index in [0.29, 0.717) is 0 Å². The van der Waals surface area contributed by atoms with Gasteiger partial charge in [0.25, 0.3) is 0 Å². The average molecular weight is 298 g/mol. The summed E-state index contributed by atoms with van der Waals surface area (Å²) in [6, 6.07) is 9.48. The molecule has 1 aromatic carbocycles. The van der Waals surface area contributed by atoms with E-state index in [-0.39, 0.29) is 6.04 Å².